The summed E-state index contributed by atoms with van der Waals surface area (Å²) in [6.45, 7) is 14.7. The minimum absolute atomic E-state index is 0.112. The topological polar surface area (TPSA) is 50.4 Å². The molecule has 0 aliphatic carbocycles. The van der Waals surface area contributed by atoms with Crippen LogP contribution in [0.15, 0.2) is 78.9 Å². The molecule has 4 nitrogen and oxygen atoms in total. The summed E-state index contributed by atoms with van der Waals surface area (Å²) in [5.41, 5.74) is 6.65. The van der Waals surface area contributed by atoms with Crippen molar-refractivity contribution in [2.24, 2.45) is 0 Å². The van der Waals surface area contributed by atoms with Crippen molar-refractivity contribution in [1.82, 2.24) is 10.6 Å². The van der Waals surface area contributed by atoms with E-state index in [4.69, 9.17) is 4.74 Å². The largest absolute Gasteiger partial charge is 0.445 e. The van der Waals surface area contributed by atoms with Gasteiger partial charge >= 0.3 is 6.09 Å². The molecule has 3 aromatic rings. The van der Waals surface area contributed by atoms with Gasteiger partial charge in [-0.25, -0.2) is 4.79 Å². The number of carbonyl (C=O) groups excluding carboxylic acids is 1. The van der Waals surface area contributed by atoms with Gasteiger partial charge in [0, 0.05) is 31.5 Å². The summed E-state index contributed by atoms with van der Waals surface area (Å²) >= 11 is 0. The second-order valence-electron chi connectivity index (χ2n) is 12.7. The fourth-order valence-corrected chi connectivity index (χ4v) is 5.26. The first-order chi connectivity index (χ1) is 18.0. The lowest BCUT2D eigenvalue weighted by Gasteiger charge is -2.27. The van der Waals surface area contributed by atoms with Gasteiger partial charge in [0.2, 0.25) is 0 Å². The second-order valence-corrected chi connectivity index (χ2v) is 12.7. The van der Waals surface area contributed by atoms with Gasteiger partial charge in [-0.2, -0.15) is 0 Å². The van der Waals surface area contributed by atoms with Gasteiger partial charge in [-0.15, -0.1) is 0 Å². The maximum absolute atomic E-state index is 12.5. The van der Waals surface area contributed by atoms with Crippen LogP contribution in [0.2, 0.25) is 0 Å². The molecule has 0 saturated carbocycles. The molecule has 2 N–H and O–H groups in total. The molecule has 0 aromatic heterocycles. The van der Waals surface area contributed by atoms with Crippen molar-refractivity contribution in [3.05, 3.63) is 107 Å². The summed E-state index contributed by atoms with van der Waals surface area (Å²) in [5.74, 6) is 0.174. The molecular weight excluding hydrogens is 468 g/mol. The third kappa shape index (κ3) is 7.26. The number of nitrogens with one attached hydrogen (secondary N) is 2. The number of alkyl carbamates (subject to hydrolysis) is 1. The van der Waals surface area contributed by atoms with Crippen molar-refractivity contribution < 1.29 is 9.53 Å². The lowest BCUT2D eigenvalue weighted by Crippen LogP contribution is -2.31. The molecule has 0 bridgehead atoms. The zero-order valence-electron chi connectivity index (χ0n) is 23.9. The number of rotatable bonds is 7. The molecule has 4 rings (SSSR count). The van der Waals surface area contributed by atoms with E-state index in [0.717, 1.165) is 12.8 Å². The third-order valence-electron chi connectivity index (χ3n) is 7.60. The van der Waals surface area contributed by atoms with Crippen molar-refractivity contribution in [2.45, 2.75) is 83.3 Å². The molecule has 0 spiro atoms. The van der Waals surface area contributed by atoms with E-state index in [9.17, 15) is 4.79 Å². The monoisotopic (exact) mass is 512 g/mol. The Hall–Kier alpha value is -3.11. The minimum Gasteiger partial charge on any atom is -0.445 e. The number of carbonyl (C=O) groups is 1. The van der Waals surface area contributed by atoms with Crippen LogP contribution in [0.25, 0.3) is 0 Å². The highest BCUT2D eigenvalue weighted by molar-refractivity contribution is 5.67. The first-order valence-corrected chi connectivity index (χ1v) is 13.9. The fourth-order valence-electron chi connectivity index (χ4n) is 5.26. The molecule has 4 heteroatoms. The molecule has 3 aromatic carbocycles. The van der Waals surface area contributed by atoms with Gasteiger partial charge in [0.1, 0.15) is 6.10 Å². The van der Waals surface area contributed by atoms with E-state index < -0.39 is 0 Å². The highest BCUT2D eigenvalue weighted by Gasteiger charge is 2.34. The Balaban J connectivity index is 1.45. The van der Waals surface area contributed by atoms with Crippen LogP contribution in [0.5, 0.6) is 0 Å². The predicted octanol–water partition coefficient (Wildman–Crippen LogP) is 7.11. The lowest BCUT2D eigenvalue weighted by atomic mass is 9.80. The predicted molar refractivity (Wildman–Crippen MR) is 157 cm³/mol. The summed E-state index contributed by atoms with van der Waals surface area (Å²) in [7, 11) is 0. The average Bonchev–Trinajstić information content (AvgIpc) is 3.32. The molecule has 2 atom stereocenters. The van der Waals surface area contributed by atoms with E-state index in [1.165, 1.54) is 27.8 Å². The average molecular weight is 513 g/mol. The van der Waals surface area contributed by atoms with Gasteiger partial charge in [-0.3, -0.25) is 0 Å². The molecule has 1 aliphatic heterocycles. The smallest absolute Gasteiger partial charge is 0.407 e. The fraction of sp³-hybridized carbons (Fsp3) is 0.441. The maximum atomic E-state index is 12.5. The zero-order valence-corrected chi connectivity index (χ0v) is 23.9. The van der Waals surface area contributed by atoms with Gasteiger partial charge in [0.25, 0.3) is 0 Å². The molecule has 0 radical (unpaired) electrons. The number of amides is 1. The molecule has 1 aliphatic rings. The van der Waals surface area contributed by atoms with E-state index in [-0.39, 0.29) is 35.0 Å². The van der Waals surface area contributed by atoms with Gasteiger partial charge in [0.15, 0.2) is 0 Å². The van der Waals surface area contributed by atoms with Crippen molar-refractivity contribution in [2.75, 3.05) is 13.1 Å². The van der Waals surface area contributed by atoms with Crippen molar-refractivity contribution in [1.29, 1.82) is 0 Å². The minimum atomic E-state index is -0.339. The van der Waals surface area contributed by atoms with E-state index in [1.807, 2.05) is 18.2 Å². The van der Waals surface area contributed by atoms with Gasteiger partial charge in [-0.1, -0.05) is 120 Å². The molecule has 38 heavy (non-hydrogen) atoms. The summed E-state index contributed by atoms with van der Waals surface area (Å²) < 4.78 is 5.82. The van der Waals surface area contributed by atoms with Gasteiger partial charge in [-0.05, 0) is 45.1 Å². The summed E-state index contributed by atoms with van der Waals surface area (Å²) in [6, 6.07) is 28.5. The Bertz CT molecular complexity index is 1110. The normalized spacial score (nSPS) is 18.0. The lowest BCUT2D eigenvalue weighted by molar-refractivity contribution is 0.106. The van der Waals surface area contributed by atoms with Crippen molar-refractivity contribution in [3.8, 4) is 0 Å². The van der Waals surface area contributed by atoms with E-state index in [2.05, 4.69) is 113 Å². The number of benzene rings is 3. The second kappa shape index (κ2) is 11.7. The van der Waals surface area contributed by atoms with Crippen LogP contribution in [0.3, 0.4) is 0 Å². The Morgan fingerprint density at radius 2 is 1.37 bits per heavy atom. The van der Waals surface area contributed by atoms with Crippen LogP contribution in [0.1, 0.15) is 81.7 Å². The highest BCUT2D eigenvalue weighted by Crippen LogP contribution is 2.35. The molecule has 1 amide bonds. The van der Waals surface area contributed by atoms with E-state index >= 15 is 0 Å². The summed E-state index contributed by atoms with van der Waals surface area (Å²) in [5, 5.41) is 6.59. The zero-order chi connectivity index (χ0) is 27.3. The first-order valence-electron chi connectivity index (χ1n) is 13.9. The van der Waals surface area contributed by atoms with Crippen LogP contribution >= 0.6 is 0 Å². The summed E-state index contributed by atoms with van der Waals surface area (Å²) in [4.78, 5) is 12.5. The molecule has 1 fully saturated rings. The molecule has 0 unspecified atom stereocenters. The number of ether oxygens (including phenoxy) is 1. The van der Waals surface area contributed by atoms with E-state index in [1.54, 1.807) is 0 Å². The van der Waals surface area contributed by atoms with Crippen LogP contribution < -0.4 is 10.6 Å². The van der Waals surface area contributed by atoms with Crippen LogP contribution in [-0.2, 0) is 22.0 Å². The quantitative estimate of drug-likeness (QED) is 0.355. The number of hydrogen-bond acceptors (Lipinski definition) is 3. The van der Waals surface area contributed by atoms with Crippen LogP contribution in [0, 0.1) is 0 Å². The third-order valence-corrected chi connectivity index (χ3v) is 7.60. The number of hydrogen-bond donors (Lipinski definition) is 2. The van der Waals surface area contributed by atoms with Crippen LogP contribution in [0.4, 0.5) is 4.79 Å². The molecule has 202 valence electrons. The van der Waals surface area contributed by atoms with Crippen molar-refractivity contribution in [3.63, 3.8) is 0 Å². The highest BCUT2D eigenvalue weighted by atomic mass is 16.6. The Morgan fingerprint density at radius 3 is 1.87 bits per heavy atom. The maximum Gasteiger partial charge on any atom is 0.407 e. The summed E-state index contributed by atoms with van der Waals surface area (Å²) in [6.07, 6.45) is 1.08. The first kappa shape index (κ1) is 27.9. The molecule has 1 saturated heterocycles. The molecule has 1 heterocycles. The van der Waals surface area contributed by atoms with Crippen LogP contribution in [-0.4, -0.2) is 31.3 Å². The van der Waals surface area contributed by atoms with E-state index in [0.29, 0.717) is 13.1 Å². The SMILES string of the molecule is CC(C)(C)c1ccc(C(c2ccc(C(C)(C)C)cc2)[C@H]2C[C@@H](OC(=O)NCCc3ccccc3)CN2)cc1. The Labute approximate surface area is 229 Å². The standard InChI is InChI=1S/C34H44N2O2/c1-33(2,3)27-16-12-25(13-17-27)31(26-14-18-28(19-15-26)34(4,5)6)30-22-29(23-36-30)38-32(37)35-21-20-24-10-8-7-9-11-24/h7-19,29-31,36H,20-23H2,1-6H3,(H,35,37)/t29-,30-/m1/s1. The van der Waals surface area contributed by atoms with Crippen molar-refractivity contribution >= 4 is 6.09 Å². The van der Waals surface area contributed by atoms with Gasteiger partial charge < -0.3 is 15.4 Å². The Kier molecular flexibility index (Phi) is 8.62. The van der Waals surface area contributed by atoms with Gasteiger partial charge in [0.05, 0.1) is 0 Å². The molecular formula is C34H44N2O2. The Morgan fingerprint density at radius 1 is 0.842 bits per heavy atom.